The Morgan fingerprint density at radius 2 is 2.05 bits per heavy atom. The molecule has 0 spiro atoms. The van der Waals surface area contributed by atoms with Gasteiger partial charge in [0.2, 0.25) is 0 Å². The summed E-state index contributed by atoms with van der Waals surface area (Å²) in [6.07, 6.45) is -4.34. The summed E-state index contributed by atoms with van der Waals surface area (Å²) in [6, 6.07) is 4.52. The Hall–Kier alpha value is -0.790. The number of benzene rings is 1. The van der Waals surface area contributed by atoms with Crippen molar-refractivity contribution in [2.45, 2.75) is 19.1 Å². The number of aliphatic hydroxyl groups excluding tert-OH is 1. The number of rotatable bonds is 5. The highest BCUT2D eigenvalue weighted by molar-refractivity contribution is 9.10. The van der Waals surface area contributed by atoms with Gasteiger partial charge in [-0.1, -0.05) is 15.9 Å². The van der Waals surface area contributed by atoms with E-state index in [0.29, 0.717) is 11.3 Å². The first-order valence-corrected chi connectivity index (χ1v) is 6.51. The van der Waals surface area contributed by atoms with E-state index in [4.69, 9.17) is 10.8 Å². The summed E-state index contributed by atoms with van der Waals surface area (Å²) in [5.41, 5.74) is 6.79. The molecule has 3 nitrogen and oxygen atoms in total. The molecule has 0 saturated carbocycles. The summed E-state index contributed by atoms with van der Waals surface area (Å²) in [5, 5.41) is 8.93. The minimum absolute atomic E-state index is 0.0964. The Kier molecular flexibility index (Phi) is 5.64. The van der Waals surface area contributed by atoms with Crippen LogP contribution in [0.4, 0.5) is 18.9 Å². The second-order valence-corrected chi connectivity index (χ2v) is 5.17. The SMILES string of the molecule is CC(N)c1cc(Br)ccc1N(CCO)CC(F)(F)F. The summed E-state index contributed by atoms with van der Waals surface area (Å²) in [4.78, 5) is 1.09. The van der Waals surface area contributed by atoms with E-state index in [2.05, 4.69) is 15.9 Å². The fourth-order valence-corrected chi connectivity index (χ4v) is 2.18. The van der Waals surface area contributed by atoms with Gasteiger partial charge in [-0.3, -0.25) is 0 Å². The molecule has 1 aromatic carbocycles. The minimum Gasteiger partial charge on any atom is -0.395 e. The molecule has 108 valence electrons. The van der Waals surface area contributed by atoms with Gasteiger partial charge in [0.15, 0.2) is 0 Å². The highest BCUT2D eigenvalue weighted by atomic mass is 79.9. The van der Waals surface area contributed by atoms with Gasteiger partial charge < -0.3 is 15.7 Å². The minimum atomic E-state index is -4.34. The fourth-order valence-electron chi connectivity index (χ4n) is 1.80. The molecular formula is C12H16BrF3N2O. The van der Waals surface area contributed by atoms with Gasteiger partial charge in [0.25, 0.3) is 0 Å². The third-order valence-electron chi connectivity index (χ3n) is 2.56. The maximum absolute atomic E-state index is 12.6. The Morgan fingerprint density at radius 3 is 2.53 bits per heavy atom. The van der Waals surface area contributed by atoms with Crippen LogP contribution in [0.25, 0.3) is 0 Å². The second kappa shape index (κ2) is 6.58. The van der Waals surface area contributed by atoms with E-state index < -0.39 is 18.8 Å². The molecule has 0 aliphatic heterocycles. The smallest absolute Gasteiger partial charge is 0.395 e. The van der Waals surface area contributed by atoms with Crippen LogP contribution in [0.3, 0.4) is 0 Å². The van der Waals surface area contributed by atoms with E-state index in [1.54, 1.807) is 25.1 Å². The standard InChI is InChI=1S/C12H16BrF3N2O/c1-8(17)10-6-9(13)2-3-11(10)18(4-5-19)7-12(14,15)16/h2-3,6,8,19H,4-5,7,17H2,1H3. The van der Waals surface area contributed by atoms with Crippen LogP contribution in [0, 0.1) is 0 Å². The molecule has 1 atom stereocenters. The summed E-state index contributed by atoms with van der Waals surface area (Å²) in [5.74, 6) is 0. The van der Waals surface area contributed by atoms with Gasteiger partial charge in [-0.25, -0.2) is 0 Å². The zero-order valence-electron chi connectivity index (χ0n) is 10.4. The molecule has 1 aromatic rings. The van der Waals surface area contributed by atoms with E-state index in [0.717, 1.165) is 9.37 Å². The number of nitrogens with two attached hydrogens (primary N) is 1. The number of alkyl halides is 3. The van der Waals surface area contributed by atoms with Crippen LogP contribution in [0.15, 0.2) is 22.7 Å². The molecule has 0 aliphatic rings. The highest BCUT2D eigenvalue weighted by Gasteiger charge is 2.31. The van der Waals surface area contributed by atoms with Gasteiger partial charge in [0.05, 0.1) is 6.61 Å². The van der Waals surface area contributed by atoms with Crippen molar-refractivity contribution in [3.8, 4) is 0 Å². The second-order valence-electron chi connectivity index (χ2n) is 4.25. The first-order valence-electron chi connectivity index (χ1n) is 5.72. The number of hydrogen-bond acceptors (Lipinski definition) is 3. The average molecular weight is 341 g/mol. The molecule has 1 unspecified atom stereocenters. The monoisotopic (exact) mass is 340 g/mol. The molecule has 0 amide bonds. The predicted octanol–water partition coefficient (Wildman–Crippen LogP) is 2.83. The maximum Gasteiger partial charge on any atom is 0.405 e. The van der Waals surface area contributed by atoms with Crippen LogP contribution in [0.1, 0.15) is 18.5 Å². The van der Waals surface area contributed by atoms with Crippen molar-refractivity contribution >= 4 is 21.6 Å². The molecule has 0 heterocycles. The van der Waals surface area contributed by atoms with Gasteiger partial charge in [0, 0.05) is 22.7 Å². The van der Waals surface area contributed by atoms with E-state index in [1.807, 2.05) is 0 Å². The Labute approximate surface area is 118 Å². The number of halogens is 4. The number of aliphatic hydroxyl groups is 1. The van der Waals surface area contributed by atoms with Crippen molar-refractivity contribution in [3.05, 3.63) is 28.2 Å². The lowest BCUT2D eigenvalue weighted by molar-refractivity contribution is -0.119. The molecule has 0 aliphatic carbocycles. The van der Waals surface area contributed by atoms with Crippen molar-refractivity contribution in [2.75, 3.05) is 24.6 Å². The van der Waals surface area contributed by atoms with Crippen molar-refractivity contribution in [2.24, 2.45) is 5.73 Å². The lowest BCUT2D eigenvalue weighted by Crippen LogP contribution is -2.37. The summed E-state index contributed by atoms with van der Waals surface area (Å²) in [7, 11) is 0. The van der Waals surface area contributed by atoms with Crippen LogP contribution >= 0.6 is 15.9 Å². The van der Waals surface area contributed by atoms with Crippen LogP contribution < -0.4 is 10.6 Å². The highest BCUT2D eigenvalue weighted by Crippen LogP contribution is 2.30. The molecule has 19 heavy (non-hydrogen) atoms. The summed E-state index contributed by atoms with van der Waals surface area (Å²) < 4.78 is 38.4. The van der Waals surface area contributed by atoms with Gasteiger partial charge in [0.1, 0.15) is 6.54 Å². The van der Waals surface area contributed by atoms with Crippen molar-refractivity contribution in [1.82, 2.24) is 0 Å². The molecule has 0 aromatic heterocycles. The quantitative estimate of drug-likeness (QED) is 0.866. The van der Waals surface area contributed by atoms with E-state index in [-0.39, 0.29) is 13.2 Å². The molecule has 0 saturated heterocycles. The maximum atomic E-state index is 12.6. The zero-order chi connectivity index (χ0) is 14.6. The van der Waals surface area contributed by atoms with Crippen LogP contribution in [-0.2, 0) is 0 Å². The average Bonchev–Trinajstić information content (AvgIpc) is 2.26. The molecule has 0 bridgehead atoms. The van der Waals surface area contributed by atoms with Crippen molar-refractivity contribution in [1.29, 1.82) is 0 Å². The van der Waals surface area contributed by atoms with Gasteiger partial charge in [-0.2, -0.15) is 13.2 Å². The Morgan fingerprint density at radius 1 is 1.42 bits per heavy atom. The molecule has 0 radical (unpaired) electrons. The van der Waals surface area contributed by atoms with Crippen LogP contribution in [0.2, 0.25) is 0 Å². The van der Waals surface area contributed by atoms with Gasteiger partial charge in [-0.05, 0) is 30.7 Å². The third-order valence-corrected chi connectivity index (χ3v) is 3.05. The van der Waals surface area contributed by atoms with Gasteiger partial charge in [-0.15, -0.1) is 0 Å². The van der Waals surface area contributed by atoms with Gasteiger partial charge >= 0.3 is 6.18 Å². The third kappa shape index (κ3) is 5.00. The Balaban J connectivity index is 3.14. The van der Waals surface area contributed by atoms with Crippen molar-refractivity contribution < 1.29 is 18.3 Å². The topological polar surface area (TPSA) is 49.5 Å². The first-order chi connectivity index (χ1) is 8.74. The fraction of sp³-hybridized carbons (Fsp3) is 0.500. The summed E-state index contributed by atoms with van der Waals surface area (Å²) in [6.45, 7) is 0.135. The number of hydrogen-bond donors (Lipinski definition) is 2. The number of anilines is 1. The zero-order valence-corrected chi connectivity index (χ0v) is 12.0. The van der Waals surface area contributed by atoms with Crippen LogP contribution in [0.5, 0.6) is 0 Å². The van der Waals surface area contributed by atoms with E-state index in [9.17, 15) is 13.2 Å². The Bertz CT molecular complexity index is 424. The lowest BCUT2D eigenvalue weighted by Gasteiger charge is -2.28. The molecule has 0 fully saturated rings. The first kappa shape index (κ1) is 16.3. The lowest BCUT2D eigenvalue weighted by atomic mass is 10.1. The molecule has 7 heteroatoms. The molecule has 1 rings (SSSR count). The van der Waals surface area contributed by atoms with Crippen LogP contribution in [-0.4, -0.2) is 31.0 Å². The molecule has 3 N–H and O–H groups in total. The van der Waals surface area contributed by atoms with Crippen molar-refractivity contribution in [3.63, 3.8) is 0 Å². The predicted molar refractivity (Wildman–Crippen MR) is 72.1 cm³/mol. The van der Waals surface area contributed by atoms with E-state index >= 15 is 0 Å². The molecular weight excluding hydrogens is 325 g/mol. The summed E-state index contributed by atoms with van der Waals surface area (Å²) >= 11 is 3.27. The normalized spacial score (nSPS) is 13.4. The van der Waals surface area contributed by atoms with E-state index in [1.165, 1.54) is 0 Å². The largest absolute Gasteiger partial charge is 0.405 e. The number of nitrogens with zero attached hydrogens (tertiary/aromatic N) is 1.